The van der Waals surface area contributed by atoms with Gasteiger partial charge < -0.3 is 15.2 Å². The van der Waals surface area contributed by atoms with E-state index in [2.05, 4.69) is 10.2 Å². The number of nitrogens with two attached hydrogens (primary N) is 1. The fourth-order valence-corrected chi connectivity index (χ4v) is 1.69. The second kappa shape index (κ2) is 3.89. The highest BCUT2D eigenvalue weighted by Crippen LogP contribution is 2.20. The van der Waals surface area contributed by atoms with E-state index in [1.165, 1.54) is 11.3 Å². The van der Waals surface area contributed by atoms with Gasteiger partial charge >= 0.3 is 0 Å². The minimum Gasteiger partial charge on any atom is -0.466 e. The summed E-state index contributed by atoms with van der Waals surface area (Å²) in [5.41, 5.74) is 5.40. The van der Waals surface area contributed by atoms with Crippen molar-refractivity contribution in [2.75, 3.05) is 18.9 Å². The molecule has 13 heavy (non-hydrogen) atoms. The second-order valence-corrected chi connectivity index (χ2v) is 3.82. The van der Waals surface area contributed by atoms with Gasteiger partial charge in [0.15, 0.2) is 0 Å². The number of anilines is 1. The molecule has 1 saturated heterocycles. The highest BCUT2D eigenvalue weighted by Gasteiger charge is 2.16. The van der Waals surface area contributed by atoms with E-state index in [9.17, 15) is 0 Å². The average Bonchev–Trinajstić information content (AvgIpc) is 2.71. The second-order valence-electron chi connectivity index (χ2n) is 2.85. The van der Waals surface area contributed by atoms with Gasteiger partial charge in [-0.1, -0.05) is 5.10 Å². The summed E-state index contributed by atoms with van der Waals surface area (Å²) in [7, 11) is 0. The minimum absolute atomic E-state index is 0.213. The number of nitrogen functional groups attached to an aromatic ring is 1. The molecule has 0 spiro atoms. The molecule has 72 valence electrons. The Hall–Kier alpha value is -0.880. The van der Waals surface area contributed by atoms with Crippen molar-refractivity contribution in [1.29, 1.82) is 0 Å². The third-order valence-corrected chi connectivity index (χ3v) is 2.50. The Bertz CT molecular complexity index is 272. The maximum absolute atomic E-state index is 5.40. The Morgan fingerprint density at radius 2 is 2.54 bits per heavy atom. The summed E-state index contributed by atoms with van der Waals surface area (Å²) < 4.78 is 10.7. The number of nitrogens with zero attached hydrogens (tertiary/aromatic N) is 2. The molecule has 1 aromatic rings. The third-order valence-electron chi connectivity index (χ3n) is 1.84. The van der Waals surface area contributed by atoms with Crippen LogP contribution in [0.5, 0.6) is 5.19 Å². The van der Waals surface area contributed by atoms with Crippen LogP contribution in [0, 0.1) is 0 Å². The Morgan fingerprint density at radius 3 is 3.15 bits per heavy atom. The van der Waals surface area contributed by atoms with Crippen LogP contribution < -0.4 is 10.5 Å². The third kappa shape index (κ3) is 2.28. The van der Waals surface area contributed by atoms with Gasteiger partial charge in [-0.2, -0.15) is 0 Å². The van der Waals surface area contributed by atoms with E-state index in [0.717, 1.165) is 19.4 Å². The Kier molecular flexibility index (Phi) is 2.60. The van der Waals surface area contributed by atoms with Gasteiger partial charge in [-0.15, -0.1) is 5.10 Å². The molecule has 1 aromatic heterocycles. The van der Waals surface area contributed by atoms with E-state index >= 15 is 0 Å². The largest absolute Gasteiger partial charge is 0.466 e. The molecule has 0 aliphatic carbocycles. The standard InChI is InChI=1S/C7H11N3O2S/c8-6-9-10-7(13-6)12-4-5-2-1-3-11-5/h5H,1-4H2,(H2,8,9). The smallest absolute Gasteiger partial charge is 0.295 e. The average molecular weight is 201 g/mol. The van der Waals surface area contributed by atoms with Gasteiger partial charge in [0.1, 0.15) is 6.61 Å². The predicted molar refractivity (Wildman–Crippen MR) is 48.8 cm³/mol. The Labute approximate surface area is 79.9 Å². The molecular weight excluding hydrogens is 190 g/mol. The molecule has 2 rings (SSSR count). The van der Waals surface area contributed by atoms with Gasteiger partial charge in [0.25, 0.3) is 5.19 Å². The van der Waals surface area contributed by atoms with Crippen LogP contribution in [-0.2, 0) is 4.74 Å². The van der Waals surface area contributed by atoms with Crippen LogP contribution in [0.1, 0.15) is 12.8 Å². The van der Waals surface area contributed by atoms with Gasteiger partial charge in [0.05, 0.1) is 6.10 Å². The normalized spacial score (nSPS) is 22.0. The Morgan fingerprint density at radius 1 is 1.62 bits per heavy atom. The summed E-state index contributed by atoms with van der Waals surface area (Å²) >= 11 is 1.25. The lowest BCUT2D eigenvalue weighted by molar-refractivity contribution is 0.0676. The van der Waals surface area contributed by atoms with Crippen LogP contribution in [0.15, 0.2) is 0 Å². The molecule has 1 aliphatic heterocycles. The summed E-state index contributed by atoms with van der Waals surface area (Å²) in [5.74, 6) is 0. The first-order valence-corrected chi connectivity index (χ1v) is 4.99. The van der Waals surface area contributed by atoms with Gasteiger partial charge in [-0.05, 0) is 24.2 Å². The fourth-order valence-electron chi connectivity index (χ4n) is 1.22. The molecule has 5 nitrogen and oxygen atoms in total. The number of aromatic nitrogens is 2. The molecular formula is C7H11N3O2S. The first kappa shape index (κ1) is 8.71. The maximum Gasteiger partial charge on any atom is 0.295 e. The van der Waals surface area contributed by atoms with Gasteiger partial charge in [0, 0.05) is 6.61 Å². The van der Waals surface area contributed by atoms with Crippen molar-refractivity contribution in [2.24, 2.45) is 0 Å². The summed E-state index contributed by atoms with van der Waals surface area (Å²) in [5, 5.41) is 8.34. The van der Waals surface area contributed by atoms with Crippen molar-refractivity contribution in [3.8, 4) is 5.19 Å². The van der Waals surface area contributed by atoms with E-state index in [1.807, 2.05) is 0 Å². The predicted octanol–water partition coefficient (Wildman–Crippen LogP) is 0.678. The molecule has 2 heterocycles. The van der Waals surface area contributed by atoms with Gasteiger partial charge in [-0.3, -0.25) is 0 Å². The highest BCUT2D eigenvalue weighted by atomic mass is 32.1. The minimum atomic E-state index is 0.213. The number of ether oxygens (including phenoxy) is 2. The molecule has 1 unspecified atom stereocenters. The molecule has 1 atom stereocenters. The van der Waals surface area contributed by atoms with Crippen molar-refractivity contribution in [1.82, 2.24) is 10.2 Å². The van der Waals surface area contributed by atoms with Crippen molar-refractivity contribution in [3.05, 3.63) is 0 Å². The SMILES string of the molecule is Nc1nnc(OCC2CCCO2)s1. The maximum atomic E-state index is 5.40. The molecule has 1 aliphatic rings. The molecule has 0 aromatic carbocycles. The molecule has 0 bridgehead atoms. The monoisotopic (exact) mass is 201 g/mol. The van der Waals surface area contributed by atoms with Crippen molar-refractivity contribution in [3.63, 3.8) is 0 Å². The zero-order valence-corrected chi connectivity index (χ0v) is 7.92. The van der Waals surface area contributed by atoms with Gasteiger partial charge in [-0.25, -0.2) is 0 Å². The quantitative estimate of drug-likeness (QED) is 0.778. The van der Waals surface area contributed by atoms with E-state index in [-0.39, 0.29) is 6.10 Å². The van der Waals surface area contributed by atoms with Crippen molar-refractivity contribution < 1.29 is 9.47 Å². The van der Waals surface area contributed by atoms with Crippen LogP contribution in [0.25, 0.3) is 0 Å². The topological polar surface area (TPSA) is 70.3 Å². The van der Waals surface area contributed by atoms with Crippen molar-refractivity contribution >= 4 is 16.5 Å². The zero-order chi connectivity index (χ0) is 9.10. The fraction of sp³-hybridized carbons (Fsp3) is 0.714. The van der Waals surface area contributed by atoms with Crippen LogP contribution in [0.3, 0.4) is 0 Å². The number of rotatable bonds is 3. The number of hydrogen-bond donors (Lipinski definition) is 1. The lowest BCUT2D eigenvalue weighted by Crippen LogP contribution is -2.16. The van der Waals surface area contributed by atoms with E-state index in [1.54, 1.807) is 0 Å². The lowest BCUT2D eigenvalue weighted by Gasteiger charge is -2.07. The lowest BCUT2D eigenvalue weighted by atomic mass is 10.2. The van der Waals surface area contributed by atoms with Crippen molar-refractivity contribution in [2.45, 2.75) is 18.9 Å². The Balaban J connectivity index is 1.78. The van der Waals surface area contributed by atoms with E-state index in [0.29, 0.717) is 16.9 Å². The summed E-state index contributed by atoms with van der Waals surface area (Å²) in [6, 6.07) is 0. The van der Waals surface area contributed by atoms with E-state index < -0.39 is 0 Å². The molecule has 0 saturated carbocycles. The first-order valence-electron chi connectivity index (χ1n) is 4.18. The summed E-state index contributed by atoms with van der Waals surface area (Å²) in [4.78, 5) is 0. The highest BCUT2D eigenvalue weighted by molar-refractivity contribution is 7.16. The van der Waals surface area contributed by atoms with Crippen LogP contribution >= 0.6 is 11.3 Å². The number of hydrogen-bond acceptors (Lipinski definition) is 6. The molecule has 2 N–H and O–H groups in total. The molecule has 6 heteroatoms. The van der Waals surface area contributed by atoms with E-state index in [4.69, 9.17) is 15.2 Å². The zero-order valence-electron chi connectivity index (χ0n) is 7.10. The summed E-state index contributed by atoms with van der Waals surface area (Å²) in [6.07, 6.45) is 2.39. The summed E-state index contributed by atoms with van der Waals surface area (Å²) in [6.45, 7) is 1.39. The van der Waals surface area contributed by atoms with Crippen LogP contribution in [-0.4, -0.2) is 29.5 Å². The molecule has 0 amide bonds. The van der Waals surface area contributed by atoms with Crippen LogP contribution in [0.4, 0.5) is 5.13 Å². The molecule has 0 radical (unpaired) electrons. The molecule has 1 fully saturated rings. The van der Waals surface area contributed by atoms with Gasteiger partial charge in [0.2, 0.25) is 5.13 Å². The van der Waals surface area contributed by atoms with Crippen LogP contribution in [0.2, 0.25) is 0 Å². The first-order chi connectivity index (χ1) is 6.34.